The fraction of sp³-hybridized carbons (Fsp3) is 0.320. The normalized spacial score (nSPS) is 11.3. The second-order valence-corrected chi connectivity index (χ2v) is 8.56. The topological polar surface area (TPSA) is 52.2 Å². The predicted octanol–water partition coefficient (Wildman–Crippen LogP) is 5.96. The summed E-state index contributed by atoms with van der Waals surface area (Å²) in [6.45, 7) is 0.664. The molecular weight excluding hydrogens is 452 g/mol. The van der Waals surface area contributed by atoms with Crippen molar-refractivity contribution in [3.05, 3.63) is 77.2 Å². The number of fused-ring (bicyclic) bond motifs is 1. The Hall–Kier alpha value is -2.73. The summed E-state index contributed by atoms with van der Waals surface area (Å²) < 4.78 is 3.48. The van der Waals surface area contributed by atoms with Crippen LogP contribution in [0.15, 0.2) is 71.7 Å². The number of alkyl halides is 1. The van der Waals surface area contributed by atoms with Gasteiger partial charge in [-0.15, -0.1) is 0 Å². The maximum absolute atomic E-state index is 12.3. The summed E-state index contributed by atoms with van der Waals surface area (Å²) in [5.41, 5.74) is 4.76. The van der Waals surface area contributed by atoms with E-state index in [1.807, 2.05) is 47.1 Å². The molecule has 3 heterocycles. The molecule has 0 saturated heterocycles. The number of aromatic nitrogens is 4. The van der Waals surface area contributed by atoms with E-state index in [0.29, 0.717) is 6.54 Å². The Kier molecular flexibility index (Phi) is 7.30. The summed E-state index contributed by atoms with van der Waals surface area (Å²) in [6, 6.07) is 19.7. The van der Waals surface area contributed by atoms with Gasteiger partial charge in [-0.25, -0.2) is 9.20 Å². The summed E-state index contributed by atoms with van der Waals surface area (Å²) in [5, 5.41) is 10.4. The Balaban J connectivity index is 1.47. The average Bonchev–Trinajstić information content (AvgIpc) is 3.24. The Labute approximate surface area is 190 Å². The van der Waals surface area contributed by atoms with Crippen LogP contribution in [0.3, 0.4) is 0 Å². The molecule has 4 aromatic rings. The first kappa shape index (κ1) is 21.5. The molecule has 31 heavy (non-hydrogen) atoms. The summed E-state index contributed by atoms with van der Waals surface area (Å²) >= 11 is 3.47. The number of halogens is 1. The lowest BCUT2D eigenvalue weighted by molar-refractivity contribution is 0.511. The van der Waals surface area contributed by atoms with Crippen LogP contribution in [-0.2, 0) is 6.54 Å². The molecule has 0 radical (unpaired) electrons. The minimum Gasteiger partial charge on any atom is -0.268 e. The molecule has 0 spiro atoms. The maximum Gasteiger partial charge on any atom is 0.266 e. The molecule has 4 rings (SSSR count). The number of benzene rings is 1. The van der Waals surface area contributed by atoms with Crippen LogP contribution in [0.1, 0.15) is 38.5 Å². The van der Waals surface area contributed by atoms with Crippen molar-refractivity contribution in [1.82, 2.24) is 19.4 Å². The zero-order valence-corrected chi connectivity index (χ0v) is 19.2. The van der Waals surface area contributed by atoms with Gasteiger partial charge in [0.1, 0.15) is 0 Å². The number of nitrogens with zero attached hydrogens (tertiary/aromatic N) is 4. The molecule has 0 aliphatic heterocycles. The molecule has 5 nitrogen and oxygen atoms in total. The highest BCUT2D eigenvalue weighted by Gasteiger charge is 2.08. The third kappa shape index (κ3) is 5.50. The van der Waals surface area contributed by atoms with Crippen LogP contribution in [-0.4, -0.2) is 24.7 Å². The van der Waals surface area contributed by atoms with Crippen molar-refractivity contribution in [1.29, 1.82) is 0 Å². The largest absolute Gasteiger partial charge is 0.268 e. The van der Waals surface area contributed by atoms with E-state index in [1.165, 1.54) is 25.7 Å². The zero-order chi connectivity index (χ0) is 21.5. The quantitative estimate of drug-likeness (QED) is 0.208. The van der Waals surface area contributed by atoms with Gasteiger partial charge < -0.3 is 0 Å². The van der Waals surface area contributed by atoms with Crippen LogP contribution in [0.4, 0.5) is 0 Å². The first-order valence-corrected chi connectivity index (χ1v) is 12.1. The van der Waals surface area contributed by atoms with Crippen LogP contribution in [0, 0.1) is 0 Å². The monoisotopic (exact) mass is 478 g/mol. The van der Waals surface area contributed by atoms with E-state index in [9.17, 15) is 4.79 Å². The number of unbranched alkanes of at least 4 members (excludes halogenated alkanes) is 5. The number of hydrogen-bond acceptors (Lipinski definition) is 3. The first-order chi connectivity index (χ1) is 15.2. The highest BCUT2D eigenvalue weighted by molar-refractivity contribution is 9.09. The minimum atomic E-state index is -0.0421. The van der Waals surface area contributed by atoms with Crippen LogP contribution >= 0.6 is 15.9 Å². The van der Waals surface area contributed by atoms with Crippen molar-refractivity contribution >= 4 is 21.4 Å². The van der Waals surface area contributed by atoms with Gasteiger partial charge >= 0.3 is 0 Å². The molecule has 6 heteroatoms. The van der Waals surface area contributed by atoms with Gasteiger partial charge in [-0.05, 0) is 43.2 Å². The van der Waals surface area contributed by atoms with Gasteiger partial charge in [-0.3, -0.25) is 4.79 Å². The molecule has 0 aliphatic rings. The van der Waals surface area contributed by atoms with Gasteiger partial charge in [-0.2, -0.15) is 10.2 Å². The number of pyridine rings is 1. The van der Waals surface area contributed by atoms with E-state index in [4.69, 9.17) is 0 Å². The van der Waals surface area contributed by atoms with Crippen molar-refractivity contribution in [2.24, 2.45) is 0 Å². The Morgan fingerprint density at radius 2 is 1.52 bits per heavy atom. The number of hydrogen-bond donors (Lipinski definition) is 0. The van der Waals surface area contributed by atoms with Gasteiger partial charge in [0.05, 0.1) is 16.9 Å². The lowest BCUT2D eigenvalue weighted by Gasteiger charge is -2.08. The predicted molar refractivity (Wildman–Crippen MR) is 130 cm³/mol. The van der Waals surface area contributed by atoms with Gasteiger partial charge in [-0.1, -0.05) is 65.9 Å². The van der Waals surface area contributed by atoms with E-state index >= 15 is 0 Å². The summed E-state index contributed by atoms with van der Waals surface area (Å²) in [5.74, 6) is 0. The molecule has 0 N–H and O–H groups in total. The van der Waals surface area contributed by atoms with Crippen molar-refractivity contribution in [3.63, 3.8) is 0 Å². The molecule has 0 fully saturated rings. The van der Waals surface area contributed by atoms with Gasteiger partial charge in [0.25, 0.3) is 5.56 Å². The fourth-order valence-electron chi connectivity index (χ4n) is 3.74. The van der Waals surface area contributed by atoms with E-state index in [2.05, 4.69) is 44.3 Å². The van der Waals surface area contributed by atoms with Crippen LogP contribution in [0.25, 0.3) is 28.0 Å². The van der Waals surface area contributed by atoms with E-state index in [0.717, 1.165) is 46.2 Å². The van der Waals surface area contributed by atoms with Crippen LogP contribution in [0.5, 0.6) is 0 Å². The van der Waals surface area contributed by atoms with E-state index in [-0.39, 0.29) is 5.56 Å². The van der Waals surface area contributed by atoms with Crippen molar-refractivity contribution < 1.29 is 0 Å². The Morgan fingerprint density at radius 1 is 0.742 bits per heavy atom. The third-order valence-corrected chi connectivity index (χ3v) is 6.00. The van der Waals surface area contributed by atoms with E-state index < -0.39 is 0 Å². The summed E-state index contributed by atoms with van der Waals surface area (Å²) in [4.78, 5) is 12.3. The Bertz CT molecular complexity index is 1160. The molecule has 0 unspecified atom stereocenters. The van der Waals surface area contributed by atoms with Gasteiger partial charge in [0.15, 0.2) is 0 Å². The highest BCUT2D eigenvalue weighted by Crippen LogP contribution is 2.25. The highest BCUT2D eigenvalue weighted by atomic mass is 79.9. The molecule has 0 atom stereocenters. The molecular formula is C25H27BrN4O. The maximum atomic E-state index is 12.3. The van der Waals surface area contributed by atoms with Crippen molar-refractivity contribution in [2.45, 2.75) is 45.1 Å². The first-order valence-electron chi connectivity index (χ1n) is 10.9. The summed E-state index contributed by atoms with van der Waals surface area (Å²) in [7, 11) is 0. The third-order valence-electron chi connectivity index (χ3n) is 5.44. The second kappa shape index (κ2) is 10.5. The van der Waals surface area contributed by atoms with Crippen LogP contribution < -0.4 is 5.56 Å². The smallest absolute Gasteiger partial charge is 0.266 e. The zero-order valence-electron chi connectivity index (χ0n) is 17.6. The molecule has 160 valence electrons. The van der Waals surface area contributed by atoms with Gasteiger partial charge in [0, 0.05) is 35.3 Å². The number of rotatable bonds is 10. The lowest BCUT2D eigenvalue weighted by Crippen LogP contribution is -2.22. The van der Waals surface area contributed by atoms with Crippen LogP contribution in [0.2, 0.25) is 0 Å². The van der Waals surface area contributed by atoms with E-state index in [1.54, 1.807) is 10.7 Å². The second-order valence-electron chi connectivity index (χ2n) is 7.77. The van der Waals surface area contributed by atoms with Gasteiger partial charge in [0.2, 0.25) is 0 Å². The average molecular weight is 479 g/mol. The number of aryl methyl sites for hydroxylation is 1. The SMILES string of the molecule is O=c1ccc(-c2cccc(-c3cc4ccccn4n3)c2)nn1CCCCCCCCBr. The molecule has 1 aromatic carbocycles. The molecule has 0 bridgehead atoms. The molecule has 3 aromatic heterocycles. The molecule has 0 aliphatic carbocycles. The molecule has 0 saturated carbocycles. The molecule has 0 amide bonds. The standard InChI is InChI=1S/C25H27BrN4O/c26-15-6-3-1-2-4-7-17-30-25(31)14-13-23(27-30)20-10-9-11-21(18-20)24-19-22-12-5-8-16-29(22)28-24/h5,8-14,16,18-19H,1-4,6-7,15,17H2. The summed E-state index contributed by atoms with van der Waals surface area (Å²) in [6.07, 6.45) is 9.02. The minimum absolute atomic E-state index is 0.0421. The fourth-order valence-corrected chi connectivity index (χ4v) is 4.14. The van der Waals surface area contributed by atoms with Crippen molar-refractivity contribution in [2.75, 3.05) is 5.33 Å². The van der Waals surface area contributed by atoms with Crippen molar-refractivity contribution in [3.8, 4) is 22.5 Å². The Morgan fingerprint density at radius 3 is 2.32 bits per heavy atom. The lowest BCUT2D eigenvalue weighted by atomic mass is 10.1.